The normalized spacial score (nSPS) is 13.2. The van der Waals surface area contributed by atoms with Gasteiger partial charge in [-0.1, -0.05) is 114 Å². The van der Waals surface area contributed by atoms with Crippen LogP contribution in [0.5, 0.6) is 5.75 Å². The summed E-state index contributed by atoms with van der Waals surface area (Å²) in [6.07, 6.45) is 15.2. The van der Waals surface area contributed by atoms with Crippen LogP contribution in [0.15, 0.2) is 42.5 Å². The summed E-state index contributed by atoms with van der Waals surface area (Å²) >= 11 is 0. The Morgan fingerprint density at radius 2 is 1.24 bits per heavy atom. The number of fused-ring (bicyclic) bond motifs is 1. The van der Waals surface area contributed by atoms with Crippen molar-refractivity contribution in [3.63, 3.8) is 0 Å². The van der Waals surface area contributed by atoms with Crippen molar-refractivity contribution in [3.05, 3.63) is 42.5 Å². The maximum absolute atomic E-state index is 13.4. The molecule has 0 aliphatic heterocycles. The van der Waals surface area contributed by atoms with Crippen molar-refractivity contribution in [3.8, 4) is 5.75 Å². The summed E-state index contributed by atoms with van der Waals surface area (Å²) in [6, 6.07) is 13.5. The number of ether oxygens (including phenoxy) is 1. The van der Waals surface area contributed by atoms with E-state index in [1.165, 1.54) is 64.2 Å². The zero-order chi connectivity index (χ0) is 24.3. The fraction of sp³-hybridized carbons (Fsp3) is 0.643. The maximum Gasteiger partial charge on any atom is 0.530 e. The van der Waals surface area contributed by atoms with Gasteiger partial charge in [-0.15, -0.1) is 0 Å². The van der Waals surface area contributed by atoms with Crippen LogP contribution in [0.1, 0.15) is 90.9 Å². The van der Waals surface area contributed by atoms with E-state index in [0.717, 1.165) is 23.6 Å². The Kier molecular flexibility index (Phi) is 15.2. The van der Waals surface area contributed by atoms with Gasteiger partial charge in [-0.25, -0.2) is 4.57 Å². The number of phosphoric ester groups is 1. The van der Waals surface area contributed by atoms with E-state index in [0.29, 0.717) is 25.6 Å². The standard InChI is InChI=1S/C28H45O5P/c1-3-5-6-7-8-9-10-11-12-13-14-17-23-31-34(29,32-25-24-30-4-2)33-28-22-18-20-26-19-15-16-21-27(26)28/h15-16,18-22H,3-14,17,23-25H2,1-2H3. The summed E-state index contributed by atoms with van der Waals surface area (Å²) in [4.78, 5) is 0. The van der Waals surface area contributed by atoms with E-state index in [4.69, 9.17) is 18.3 Å². The van der Waals surface area contributed by atoms with Crippen molar-refractivity contribution >= 4 is 18.6 Å². The van der Waals surface area contributed by atoms with Gasteiger partial charge in [0.15, 0.2) is 0 Å². The van der Waals surface area contributed by atoms with Gasteiger partial charge in [0.1, 0.15) is 5.75 Å². The quantitative estimate of drug-likeness (QED) is 0.128. The third kappa shape index (κ3) is 11.8. The highest BCUT2D eigenvalue weighted by Crippen LogP contribution is 2.50. The first-order valence-corrected chi connectivity index (χ1v) is 14.8. The lowest BCUT2D eigenvalue weighted by atomic mass is 10.1. The van der Waals surface area contributed by atoms with E-state index in [-0.39, 0.29) is 6.61 Å². The molecule has 0 saturated heterocycles. The molecule has 0 bridgehead atoms. The molecule has 0 fully saturated rings. The van der Waals surface area contributed by atoms with Crippen LogP contribution in [-0.4, -0.2) is 26.4 Å². The van der Waals surface area contributed by atoms with E-state index in [9.17, 15) is 4.57 Å². The largest absolute Gasteiger partial charge is 0.530 e. The minimum atomic E-state index is -3.75. The summed E-state index contributed by atoms with van der Waals surface area (Å²) < 4.78 is 35.8. The van der Waals surface area contributed by atoms with Crippen molar-refractivity contribution in [1.29, 1.82) is 0 Å². The number of hydrogen-bond donors (Lipinski definition) is 0. The lowest BCUT2D eigenvalue weighted by molar-refractivity contribution is 0.0847. The fourth-order valence-electron chi connectivity index (χ4n) is 3.96. The maximum atomic E-state index is 13.4. The van der Waals surface area contributed by atoms with Crippen molar-refractivity contribution in [2.24, 2.45) is 0 Å². The molecule has 0 amide bonds. The zero-order valence-electron chi connectivity index (χ0n) is 21.3. The van der Waals surface area contributed by atoms with Crippen LogP contribution in [0, 0.1) is 0 Å². The number of hydrogen-bond acceptors (Lipinski definition) is 5. The van der Waals surface area contributed by atoms with Crippen LogP contribution in [0.3, 0.4) is 0 Å². The molecular formula is C28H45O5P. The molecule has 0 N–H and O–H groups in total. The average molecular weight is 493 g/mol. The smallest absolute Gasteiger partial charge is 0.403 e. The minimum Gasteiger partial charge on any atom is -0.403 e. The zero-order valence-corrected chi connectivity index (χ0v) is 22.2. The topological polar surface area (TPSA) is 54.0 Å². The van der Waals surface area contributed by atoms with Crippen molar-refractivity contribution < 1.29 is 22.9 Å². The van der Waals surface area contributed by atoms with E-state index in [1.807, 2.05) is 43.3 Å². The van der Waals surface area contributed by atoms with Crippen LogP contribution in [0.4, 0.5) is 0 Å². The molecule has 0 saturated carbocycles. The third-order valence-corrected chi connectivity index (χ3v) is 7.31. The molecule has 5 nitrogen and oxygen atoms in total. The Morgan fingerprint density at radius 3 is 1.91 bits per heavy atom. The molecule has 0 spiro atoms. The van der Waals surface area contributed by atoms with Gasteiger partial charge in [-0.3, -0.25) is 9.05 Å². The number of phosphoric acid groups is 1. The highest BCUT2D eigenvalue weighted by Gasteiger charge is 2.29. The van der Waals surface area contributed by atoms with Gasteiger partial charge in [0, 0.05) is 12.0 Å². The van der Waals surface area contributed by atoms with Gasteiger partial charge in [0.2, 0.25) is 0 Å². The van der Waals surface area contributed by atoms with Crippen molar-refractivity contribution in [1.82, 2.24) is 0 Å². The Bertz CT molecular complexity index is 820. The monoisotopic (exact) mass is 492 g/mol. The van der Waals surface area contributed by atoms with E-state index in [1.54, 1.807) is 6.07 Å². The molecule has 192 valence electrons. The predicted molar refractivity (Wildman–Crippen MR) is 142 cm³/mol. The molecule has 0 radical (unpaired) electrons. The SMILES string of the molecule is CCCCCCCCCCCCCCOP(=O)(OCCOCC)Oc1cccc2ccccc12. The van der Waals surface area contributed by atoms with Gasteiger partial charge in [-0.2, -0.15) is 0 Å². The van der Waals surface area contributed by atoms with E-state index < -0.39 is 7.82 Å². The molecule has 0 aromatic heterocycles. The molecule has 2 rings (SSSR count). The molecule has 1 unspecified atom stereocenters. The van der Waals surface area contributed by atoms with E-state index >= 15 is 0 Å². The fourth-order valence-corrected chi connectivity index (χ4v) is 5.19. The third-order valence-electron chi connectivity index (χ3n) is 5.89. The molecule has 34 heavy (non-hydrogen) atoms. The summed E-state index contributed by atoms with van der Waals surface area (Å²) in [5.41, 5.74) is 0. The summed E-state index contributed by atoms with van der Waals surface area (Å²) in [6.45, 7) is 5.62. The average Bonchev–Trinajstić information content (AvgIpc) is 2.85. The molecule has 2 aromatic carbocycles. The second kappa shape index (κ2) is 18.0. The number of benzene rings is 2. The Morgan fingerprint density at radius 1 is 0.647 bits per heavy atom. The summed E-state index contributed by atoms with van der Waals surface area (Å²) in [5.74, 6) is 0.507. The minimum absolute atomic E-state index is 0.161. The lowest BCUT2D eigenvalue weighted by Gasteiger charge is -2.19. The molecule has 1 atom stereocenters. The molecule has 2 aromatic rings. The van der Waals surface area contributed by atoms with Crippen LogP contribution >= 0.6 is 7.82 Å². The highest BCUT2D eigenvalue weighted by molar-refractivity contribution is 7.48. The molecule has 6 heteroatoms. The van der Waals surface area contributed by atoms with Crippen LogP contribution in [0.25, 0.3) is 10.8 Å². The second-order valence-corrected chi connectivity index (χ2v) is 10.4. The van der Waals surface area contributed by atoms with E-state index in [2.05, 4.69) is 6.92 Å². The second-order valence-electron chi connectivity index (χ2n) is 8.77. The molecule has 0 aliphatic carbocycles. The molecule has 0 heterocycles. The summed E-state index contributed by atoms with van der Waals surface area (Å²) in [5, 5.41) is 1.90. The van der Waals surface area contributed by atoms with Crippen LogP contribution in [-0.2, 0) is 18.3 Å². The Balaban J connectivity index is 1.71. The van der Waals surface area contributed by atoms with Crippen molar-refractivity contribution in [2.75, 3.05) is 26.4 Å². The Hall–Kier alpha value is -1.39. The molecular weight excluding hydrogens is 447 g/mol. The van der Waals surface area contributed by atoms with Crippen LogP contribution in [0.2, 0.25) is 0 Å². The van der Waals surface area contributed by atoms with Gasteiger partial charge in [0.25, 0.3) is 0 Å². The molecule has 0 aliphatic rings. The van der Waals surface area contributed by atoms with Crippen LogP contribution < -0.4 is 4.52 Å². The van der Waals surface area contributed by atoms with Gasteiger partial charge >= 0.3 is 7.82 Å². The lowest BCUT2D eigenvalue weighted by Crippen LogP contribution is -2.09. The van der Waals surface area contributed by atoms with Gasteiger partial charge in [-0.05, 0) is 24.8 Å². The van der Waals surface area contributed by atoms with Gasteiger partial charge < -0.3 is 9.26 Å². The predicted octanol–water partition coefficient (Wildman–Crippen LogP) is 9.10. The first-order chi connectivity index (χ1) is 16.7. The number of rotatable bonds is 21. The number of unbranched alkanes of at least 4 members (excludes halogenated alkanes) is 11. The Labute approximate surface area is 207 Å². The first-order valence-electron chi connectivity index (χ1n) is 13.3. The first kappa shape index (κ1) is 28.8. The highest BCUT2D eigenvalue weighted by atomic mass is 31.2. The summed E-state index contributed by atoms with van der Waals surface area (Å²) in [7, 11) is -3.75. The van der Waals surface area contributed by atoms with Crippen molar-refractivity contribution in [2.45, 2.75) is 90.9 Å². The van der Waals surface area contributed by atoms with Gasteiger partial charge in [0.05, 0.1) is 19.8 Å².